The molecular formula is C22H21F4N3O2. The smallest absolute Gasteiger partial charge is 0.419 e. The molecule has 1 fully saturated rings. The summed E-state index contributed by atoms with van der Waals surface area (Å²) in [7, 11) is 0. The molecule has 0 atom stereocenters. The molecule has 0 unspecified atom stereocenters. The van der Waals surface area contributed by atoms with E-state index in [1.807, 2.05) is 24.3 Å². The largest absolute Gasteiger partial charge is 0.490 e. The first kappa shape index (κ1) is 21.3. The number of hydrogen-bond acceptors (Lipinski definition) is 5. The molecule has 0 spiro atoms. The van der Waals surface area contributed by atoms with Crippen molar-refractivity contribution in [3.05, 3.63) is 53.6 Å². The molecule has 0 radical (unpaired) electrons. The molecule has 0 amide bonds. The van der Waals surface area contributed by atoms with Crippen molar-refractivity contribution in [3.63, 3.8) is 0 Å². The Kier molecular flexibility index (Phi) is 5.95. The fraction of sp³-hybridized carbons (Fsp3) is 0.364. The average molecular weight is 434 g/mol. The van der Waals surface area contributed by atoms with E-state index in [1.165, 1.54) is 6.07 Å². The van der Waals surface area contributed by atoms with E-state index in [0.717, 1.165) is 43.2 Å². The second-order valence-electron chi connectivity index (χ2n) is 7.67. The van der Waals surface area contributed by atoms with Gasteiger partial charge >= 0.3 is 6.18 Å². The maximum atomic E-state index is 13.4. The van der Waals surface area contributed by atoms with Crippen molar-refractivity contribution in [1.29, 1.82) is 0 Å². The third kappa shape index (κ3) is 4.87. The van der Waals surface area contributed by atoms with Crippen LogP contribution in [0.1, 0.15) is 18.1 Å². The molecule has 2 aromatic carbocycles. The van der Waals surface area contributed by atoms with Crippen molar-refractivity contribution in [2.45, 2.75) is 19.6 Å². The third-order valence-corrected chi connectivity index (χ3v) is 5.05. The van der Waals surface area contributed by atoms with E-state index in [1.54, 1.807) is 0 Å². The Morgan fingerprint density at radius 1 is 1.10 bits per heavy atom. The molecule has 1 aromatic heterocycles. The quantitative estimate of drug-likeness (QED) is 0.477. The molecule has 4 rings (SSSR count). The lowest BCUT2D eigenvalue weighted by molar-refractivity contribution is -0.138. The number of halogens is 4. The molecule has 0 aliphatic carbocycles. The fourth-order valence-corrected chi connectivity index (χ4v) is 3.59. The summed E-state index contributed by atoms with van der Waals surface area (Å²) in [6.07, 6.45) is -4.67. The Bertz CT molecular complexity index is 1030. The van der Waals surface area contributed by atoms with Crippen molar-refractivity contribution in [2.75, 3.05) is 26.4 Å². The number of hydrogen-bond donors (Lipinski definition) is 0. The number of aromatic nitrogens is 2. The van der Waals surface area contributed by atoms with Gasteiger partial charge in [-0.1, -0.05) is 36.3 Å². The minimum Gasteiger partial charge on any atom is -0.490 e. The van der Waals surface area contributed by atoms with E-state index in [4.69, 9.17) is 9.26 Å². The van der Waals surface area contributed by atoms with Crippen molar-refractivity contribution < 1.29 is 26.8 Å². The summed E-state index contributed by atoms with van der Waals surface area (Å²) < 4.78 is 62.5. The molecule has 0 bridgehead atoms. The Morgan fingerprint density at radius 3 is 2.45 bits per heavy atom. The first-order chi connectivity index (χ1) is 14.8. The third-order valence-electron chi connectivity index (χ3n) is 5.05. The van der Waals surface area contributed by atoms with Crippen LogP contribution in [0.4, 0.5) is 17.6 Å². The first-order valence-corrected chi connectivity index (χ1v) is 9.89. The van der Waals surface area contributed by atoms with Gasteiger partial charge in [-0.2, -0.15) is 18.2 Å². The number of alkyl halides is 4. The zero-order chi connectivity index (χ0) is 22.0. The summed E-state index contributed by atoms with van der Waals surface area (Å²) in [6.45, 7) is 3.93. The Balaban J connectivity index is 1.53. The highest BCUT2D eigenvalue weighted by Gasteiger charge is 2.35. The van der Waals surface area contributed by atoms with Crippen LogP contribution >= 0.6 is 0 Å². The van der Waals surface area contributed by atoms with E-state index in [2.05, 4.69) is 22.0 Å². The van der Waals surface area contributed by atoms with Gasteiger partial charge in [-0.25, -0.2) is 4.39 Å². The predicted molar refractivity (Wildman–Crippen MR) is 106 cm³/mol. The molecule has 2 heterocycles. The van der Waals surface area contributed by atoms with Gasteiger partial charge in [0.25, 0.3) is 5.89 Å². The van der Waals surface area contributed by atoms with Gasteiger partial charge in [0.1, 0.15) is 19.0 Å². The highest BCUT2D eigenvalue weighted by atomic mass is 19.4. The van der Waals surface area contributed by atoms with Crippen LogP contribution < -0.4 is 4.74 Å². The van der Waals surface area contributed by atoms with Crippen LogP contribution in [-0.2, 0) is 12.7 Å². The van der Waals surface area contributed by atoms with Crippen LogP contribution in [0, 0.1) is 5.92 Å². The van der Waals surface area contributed by atoms with Crippen molar-refractivity contribution in [1.82, 2.24) is 15.0 Å². The van der Waals surface area contributed by atoms with Gasteiger partial charge in [-0.05, 0) is 29.7 Å². The lowest BCUT2D eigenvalue weighted by atomic mass is 10.0. The summed E-state index contributed by atoms with van der Waals surface area (Å²) in [4.78, 5) is 6.59. The molecule has 0 N–H and O–H groups in total. The van der Waals surface area contributed by atoms with Crippen LogP contribution in [-0.4, -0.2) is 41.4 Å². The minimum absolute atomic E-state index is 0.0452. The number of benzene rings is 2. The molecular weight excluding hydrogens is 413 g/mol. The lowest BCUT2D eigenvalue weighted by Gasteiger charge is -2.37. The van der Waals surface area contributed by atoms with E-state index in [-0.39, 0.29) is 17.3 Å². The van der Waals surface area contributed by atoms with Gasteiger partial charge in [-0.15, -0.1) is 0 Å². The summed E-state index contributed by atoms with van der Waals surface area (Å²) >= 11 is 0. The van der Waals surface area contributed by atoms with Crippen molar-refractivity contribution in [3.8, 4) is 28.6 Å². The average Bonchev–Trinajstić information content (AvgIpc) is 3.21. The first-order valence-electron chi connectivity index (χ1n) is 9.89. The fourth-order valence-electron chi connectivity index (χ4n) is 3.59. The zero-order valence-corrected chi connectivity index (χ0v) is 16.8. The van der Waals surface area contributed by atoms with E-state index < -0.39 is 30.8 Å². The van der Waals surface area contributed by atoms with Gasteiger partial charge < -0.3 is 9.26 Å². The van der Waals surface area contributed by atoms with Gasteiger partial charge in [0.05, 0.1) is 5.56 Å². The Morgan fingerprint density at radius 2 is 1.81 bits per heavy atom. The van der Waals surface area contributed by atoms with Crippen LogP contribution in [0.5, 0.6) is 5.75 Å². The van der Waals surface area contributed by atoms with Crippen LogP contribution in [0.15, 0.2) is 47.0 Å². The van der Waals surface area contributed by atoms with Gasteiger partial charge in [0.2, 0.25) is 5.82 Å². The van der Waals surface area contributed by atoms with E-state index in [0.29, 0.717) is 5.56 Å². The van der Waals surface area contributed by atoms with E-state index in [9.17, 15) is 17.6 Å². The van der Waals surface area contributed by atoms with Crippen LogP contribution in [0.25, 0.3) is 22.8 Å². The molecule has 1 aliphatic rings. The monoisotopic (exact) mass is 434 g/mol. The Labute approximate surface area is 176 Å². The van der Waals surface area contributed by atoms with Crippen LogP contribution in [0.2, 0.25) is 0 Å². The van der Waals surface area contributed by atoms with Crippen molar-refractivity contribution in [2.24, 2.45) is 5.92 Å². The summed E-state index contributed by atoms with van der Waals surface area (Å²) in [6, 6.07) is 11.0. The standard InChI is InChI=1S/C22H21F4N3O2/c1-14-11-29(12-14)13-15-2-4-16(5-3-15)20-27-21(31-28-20)17-6-7-19(30-9-8-23)18(10-17)22(24,25)26/h2-7,10,14H,8-9,11-13H2,1H3/i23-1. The minimum atomic E-state index is -4.67. The van der Waals surface area contributed by atoms with E-state index >= 15 is 0 Å². The molecule has 9 heteroatoms. The zero-order valence-electron chi connectivity index (χ0n) is 16.8. The number of likely N-dealkylation sites (tertiary alicyclic amines) is 1. The van der Waals surface area contributed by atoms with Gasteiger partial charge in [-0.3, -0.25) is 4.90 Å². The second-order valence-corrected chi connectivity index (χ2v) is 7.67. The molecule has 1 aliphatic heterocycles. The predicted octanol–water partition coefficient (Wildman–Crippen LogP) is 5.22. The summed E-state index contributed by atoms with van der Waals surface area (Å²) in [5.74, 6) is 0.529. The highest BCUT2D eigenvalue weighted by molar-refractivity contribution is 5.62. The maximum Gasteiger partial charge on any atom is 0.419 e. The molecule has 5 nitrogen and oxygen atoms in total. The lowest BCUT2D eigenvalue weighted by Crippen LogP contribution is -2.44. The number of nitrogens with zero attached hydrogens (tertiary/aromatic N) is 3. The number of ether oxygens (including phenoxy) is 1. The molecule has 31 heavy (non-hydrogen) atoms. The maximum absolute atomic E-state index is 13.4. The van der Waals surface area contributed by atoms with Gasteiger partial charge in [0, 0.05) is 30.8 Å². The molecule has 0 saturated carbocycles. The molecule has 3 aromatic rings. The topological polar surface area (TPSA) is 51.4 Å². The normalized spacial score (nSPS) is 15.1. The summed E-state index contributed by atoms with van der Waals surface area (Å²) in [5.41, 5.74) is 0.942. The second kappa shape index (κ2) is 8.66. The highest BCUT2D eigenvalue weighted by Crippen LogP contribution is 2.38. The molecule has 164 valence electrons. The SMILES string of the molecule is CC1CN(Cc2ccc(-c3noc(-c4ccc(OCC[18F])c(C(F)(F)F)c4)n3)cc2)C1. The van der Waals surface area contributed by atoms with Crippen molar-refractivity contribution >= 4 is 0 Å². The number of rotatable bonds is 7. The molecule has 1 saturated heterocycles. The van der Waals surface area contributed by atoms with Gasteiger partial charge in [0.15, 0.2) is 0 Å². The van der Waals surface area contributed by atoms with Crippen LogP contribution in [0.3, 0.4) is 0 Å². The summed E-state index contributed by atoms with van der Waals surface area (Å²) in [5, 5.41) is 3.90. The Hall–Kier alpha value is -2.94.